The van der Waals surface area contributed by atoms with E-state index in [4.69, 9.17) is 37.4 Å². The highest BCUT2D eigenvalue weighted by Crippen LogP contribution is 2.38. The van der Waals surface area contributed by atoms with Crippen LogP contribution in [0.5, 0.6) is 17.2 Å². The molecule has 0 saturated heterocycles. The molecule has 2 N–H and O–H groups in total. The van der Waals surface area contributed by atoms with Gasteiger partial charge < -0.3 is 24.8 Å². The first-order valence-corrected chi connectivity index (χ1v) is 9.40. The third-order valence-corrected chi connectivity index (χ3v) is 4.75. The largest absolute Gasteiger partial charge is 0.493 e. The minimum absolute atomic E-state index is 0.0593. The van der Waals surface area contributed by atoms with Crippen LogP contribution < -0.4 is 24.8 Å². The standard InChI is InChI=1S/C20H25Cl2N3O3/c1-12(15-7-6-14(21)10-16(15)22)25-20(23-2)24-11-13-8-17(26-3)19(28-5)18(9-13)27-4/h6-10,12H,11H2,1-5H3,(H2,23,24,25). The number of aliphatic imine (C=N–C) groups is 1. The lowest BCUT2D eigenvalue weighted by Crippen LogP contribution is -2.38. The maximum atomic E-state index is 6.29. The molecule has 0 fully saturated rings. The highest BCUT2D eigenvalue weighted by molar-refractivity contribution is 6.35. The molecule has 1 atom stereocenters. The van der Waals surface area contributed by atoms with Crippen molar-refractivity contribution in [3.05, 3.63) is 51.5 Å². The molecule has 0 saturated carbocycles. The molecule has 2 aromatic carbocycles. The van der Waals surface area contributed by atoms with Crippen LogP contribution in [-0.4, -0.2) is 34.3 Å². The van der Waals surface area contributed by atoms with Gasteiger partial charge in [0.25, 0.3) is 0 Å². The topological polar surface area (TPSA) is 64.1 Å². The van der Waals surface area contributed by atoms with Gasteiger partial charge in [0, 0.05) is 23.6 Å². The van der Waals surface area contributed by atoms with Gasteiger partial charge in [-0.15, -0.1) is 0 Å². The highest BCUT2D eigenvalue weighted by atomic mass is 35.5. The maximum absolute atomic E-state index is 6.29. The Morgan fingerprint density at radius 3 is 2.18 bits per heavy atom. The lowest BCUT2D eigenvalue weighted by atomic mass is 10.1. The first-order chi connectivity index (χ1) is 13.4. The Balaban J connectivity index is 2.10. The van der Waals surface area contributed by atoms with Gasteiger partial charge in [0.05, 0.1) is 27.4 Å². The van der Waals surface area contributed by atoms with Gasteiger partial charge in [-0.2, -0.15) is 0 Å². The molecule has 0 radical (unpaired) electrons. The first-order valence-electron chi connectivity index (χ1n) is 8.64. The summed E-state index contributed by atoms with van der Waals surface area (Å²) in [6, 6.07) is 9.16. The van der Waals surface area contributed by atoms with E-state index in [0.717, 1.165) is 11.1 Å². The van der Waals surface area contributed by atoms with Crippen molar-refractivity contribution >= 4 is 29.2 Å². The quantitative estimate of drug-likeness (QED) is 0.506. The number of nitrogens with one attached hydrogen (secondary N) is 2. The number of guanidine groups is 1. The fraction of sp³-hybridized carbons (Fsp3) is 0.350. The van der Waals surface area contributed by atoms with Crippen LogP contribution in [0.1, 0.15) is 24.1 Å². The lowest BCUT2D eigenvalue weighted by molar-refractivity contribution is 0.323. The van der Waals surface area contributed by atoms with Crippen LogP contribution in [0.3, 0.4) is 0 Å². The molecule has 2 aromatic rings. The summed E-state index contributed by atoms with van der Waals surface area (Å²) in [6.45, 7) is 2.51. The zero-order valence-electron chi connectivity index (χ0n) is 16.6. The third kappa shape index (κ3) is 5.36. The Kier molecular flexibility index (Phi) is 8.08. The van der Waals surface area contributed by atoms with Crippen molar-refractivity contribution in [1.82, 2.24) is 10.6 Å². The molecule has 0 aliphatic carbocycles. The molecule has 0 aromatic heterocycles. The Hall–Kier alpha value is -2.31. The fourth-order valence-corrected chi connectivity index (χ4v) is 3.33. The Bertz CT molecular complexity index is 818. The second-order valence-corrected chi connectivity index (χ2v) is 6.83. The zero-order valence-corrected chi connectivity index (χ0v) is 18.1. The molecule has 0 amide bonds. The SMILES string of the molecule is CN=C(NCc1cc(OC)c(OC)c(OC)c1)NC(C)c1ccc(Cl)cc1Cl. The van der Waals surface area contributed by atoms with E-state index in [0.29, 0.717) is 39.8 Å². The zero-order chi connectivity index (χ0) is 20.7. The van der Waals surface area contributed by atoms with Crippen LogP contribution in [0.2, 0.25) is 10.0 Å². The summed E-state index contributed by atoms with van der Waals surface area (Å²) in [5, 5.41) is 7.80. The van der Waals surface area contributed by atoms with Gasteiger partial charge in [-0.1, -0.05) is 29.3 Å². The minimum atomic E-state index is -0.0593. The van der Waals surface area contributed by atoms with Crippen LogP contribution in [0.25, 0.3) is 0 Å². The van der Waals surface area contributed by atoms with E-state index in [1.165, 1.54) is 0 Å². The summed E-state index contributed by atoms with van der Waals surface area (Å²) in [7, 11) is 6.47. The molecule has 0 aliphatic rings. The van der Waals surface area contributed by atoms with Gasteiger partial charge in [-0.25, -0.2) is 0 Å². The van der Waals surface area contributed by atoms with E-state index in [9.17, 15) is 0 Å². The van der Waals surface area contributed by atoms with E-state index in [2.05, 4.69) is 15.6 Å². The summed E-state index contributed by atoms with van der Waals surface area (Å²) < 4.78 is 16.1. The second-order valence-electron chi connectivity index (χ2n) is 5.99. The van der Waals surface area contributed by atoms with Crippen LogP contribution in [0.4, 0.5) is 0 Å². The number of methoxy groups -OCH3 is 3. The van der Waals surface area contributed by atoms with Crippen molar-refractivity contribution in [2.24, 2.45) is 4.99 Å². The first kappa shape index (κ1) is 22.0. The van der Waals surface area contributed by atoms with E-state index in [-0.39, 0.29) is 6.04 Å². The molecule has 1 unspecified atom stereocenters. The summed E-state index contributed by atoms with van der Waals surface area (Å²) in [5.41, 5.74) is 1.89. The number of halogens is 2. The smallest absolute Gasteiger partial charge is 0.203 e. The minimum Gasteiger partial charge on any atom is -0.493 e. The number of ether oxygens (including phenoxy) is 3. The Morgan fingerprint density at radius 1 is 1.04 bits per heavy atom. The Morgan fingerprint density at radius 2 is 1.68 bits per heavy atom. The number of benzene rings is 2. The van der Waals surface area contributed by atoms with Crippen molar-refractivity contribution in [3.63, 3.8) is 0 Å². The van der Waals surface area contributed by atoms with Crippen LogP contribution in [0.15, 0.2) is 35.3 Å². The summed E-state index contributed by atoms with van der Waals surface area (Å²) in [5.74, 6) is 2.39. The predicted molar refractivity (Wildman–Crippen MR) is 114 cm³/mol. The van der Waals surface area contributed by atoms with Gasteiger partial charge in [0.15, 0.2) is 17.5 Å². The average molecular weight is 426 g/mol. The van der Waals surface area contributed by atoms with Crippen molar-refractivity contribution < 1.29 is 14.2 Å². The van der Waals surface area contributed by atoms with E-state index >= 15 is 0 Å². The molecule has 0 bridgehead atoms. The van der Waals surface area contributed by atoms with Crippen LogP contribution >= 0.6 is 23.2 Å². The Labute approximate surface area is 175 Å². The van der Waals surface area contributed by atoms with Crippen LogP contribution in [-0.2, 0) is 6.54 Å². The summed E-state index contributed by atoms with van der Waals surface area (Å²) >= 11 is 12.3. The highest BCUT2D eigenvalue weighted by Gasteiger charge is 2.15. The van der Waals surface area contributed by atoms with Crippen molar-refractivity contribution in [3.8, 4) is 17.2 Å². The molecule has 0 heterocycles. The maximum Gasteiger partial charge on any atom is 0.203 e. The molecule has 2 rings (SSSR count). The lowest BCUT2D eigenvalue weighted by Gasteiger charge is -2.20. The third-order valence-electron chi connectivity index (χ3n) is 4.19. The van der Waals surface area contributed by atoms with Gasteiger partial charge in [0.2, 0.25) is 5.75 Å². The van der Waals surface area contributed by atoms with Crippen molar-refractivity contribution in [1.29, 1.82) is 0 Å². The van der Waals surface area contributed by atoms with E-state index in [1.54, 1.807) is 34.4 Å². The average Bonchev–Trinajstić information content (AvgIpc) is 2.69. The molecule has 28 heavy (non-hydrogen) atoms. The molecule has 6 nitrogen and oxygen atoms in total. The summed E-state index contributed by atoms with van der Waals surface area (Å²) in [4.78, 5) is 4.27. The number of hydrogen-bond donors (Lipinski definition) is 2. The number of rotatable bonds is 7. The molecule has 8 heteroatoms. The molecule has 0 aliphatic heterocycles. The normalized spacial score (nSPS) is 12.3. The molecule has 152 valence electrons. The van der Waals surface area contributed by atoms with Gasteiger partial charge in [-0.3, -0.25) is 4.99 Å². The second kappa shape index (κ2) is 10.3. The van der Waals surface area contributed by atoms with Crippen molar-refractivity contribution in [2.45, 2.75) is 19.5 Å². The van der Waals surface area contributed by atoms with Gasteiger partial charge in [-0.05, 0) is 42.3 Å². The van der Waals surface area contributed by atoms with E-state index < -0.39 is 0 Å². The van der Waals surface area contributed by atoms with Crippen LogP contribution in [0, 0.1) is 0 Å². The van der Waals surface area contributed by atoms with Gasteiger partial charge in [0.1, 0.15) is 0 Å². The molecular formula is C20H25Cl2N3O3. The monoisotopic (exact) mass is 425 g/mol. The molecular weight excluding hydrogens is 401 g/mol. The fourth-order valence-electron chi connectivity index (χ4n) is 2.75. The van der Waals surface area contributed by atoms with Gasteiger partial charge >= 0.3 is 0 Å². The molecule has 0 spiro atoms. The predicted octanol–water partition coefficient (Wildman–Crippen LogP) is 4.45. The van der Waals surface area contributed by atoms with Crippen molar-refractivity contribution in [2.75, 3.05) is 28.4 Å². The number of hydrogen-bond acceptors (Lipinski definition) is 4. The number of nitrogens with zero attached hydrogens (tertiary/aromatic N) is 1. The summed E-state index contributed by atoms with van der Waals surface area (Å²) in [6.07, 6.45) is 0. The van der Waals surface area contributed by atoms with E-state index in [1.807, 2.05) is 31.2 Å².